The van der Waals surface area contributed by atoms with Gasteiger partial charge in [-0.1, -0.05) is 28.1 Å². The van der Waals surface area contributed by atoms with Crippen molar-refractivity contribution in [2.75, 3.05) is 21.2 Å². The number of benzene rings is 2. The molecule has 7 heteroatoms. The Balaban J connectivity index is 2.29. The Morgan fingerprint density at radius 3 is 2.48 bits per heavy atom. The van der Waals surface area contributed by atoms with E-state index in [1.807, 2.05) is 6.07 Å². The normalized spacial score (nSPS) is 10.9. The summed E-state index contributed by atoms with van der Waals surface area (Å²) >= 11 is 3.43. The molecule has 0 atom stereocenters. The molecule has 0 unspecified atom stereocenters. The maximum absolute atomic E-state index is 13.0. The number of methoxy groups -OCH3 is 1. The van der Waals surface area contributed by atoms with Crippen molar-refractivity contribution in [2.24, 2.45) is 0 Å². The topological polar surface area (TPSA) is 62.6 Å². The van der Waals surface area contributed by atoms with E-state index in [9.17, 15) is 14.4 Å². The van der Waals surface area contributed by atoms with Gasteiger partial charge in [-0.2, -0.15) is 5.26 Å². The second-order valence-electron chi connectivity index (χ2n) is 5.81. The van der Waals surface area contributed by atoms with Gasteiger partial charge in [0.2, 0.25) is 0 Å². The van der Waals surface area contributed by atoms with Crippen molar-refractivity contribution in [3.8, 4) is 17.6 Å². The van der Waals surface area contributed by atoms with Crippen LogP contribution in [0.4, 0.5) is 4.39 Å². The number of amides is 1. The molecule has 140 valence electrons. The maximum Gasteiger partial charge on any atom is 0.264 e. The van der Waals surface area contributed by atoms with Crippen LogP contribution in [0.2, 0.25) is 0 Å². The van der Waals surface area contributed by atoms with Gasteiger partial charge in [-0.25, -0.2) is 4.39 Å². The van der Waals surface area contributed by atoms with Gasteiger partial charge >= 0.3 is 0 Å². The standard InChI is InChI=1S/C20H18BrFN2O3/c1-24(2)20(25)15(11-23)8-14-9-18(26-3)19(10-17(14)21)27-12-13-4-6-16(22)7-5-13/h4-10H,12H2,1-3H3/b15-8-. The molecular formula is C20H18BrFN2O3. The molecule has 0 aliphatic carbocycles. The number of ether oxygens (including phenoxy) is 2. The molecule has 0 bridgehead atoms. The maximum atomic E-state index is 13.0. The number of rotatable bonds is 6. The van der Waals surface area contributed by atoms with Crippen LogP contribution >= 0.6 is 15.9 Å². The van der Waals surface area contributed by atoms with Crippen LogP contribution < -0.4 is 9.47 Å². The summed E-state index contributed by atoms with van der Waals surface area (Å²) in [6.45, 7) is 0.237. The number of hydrogen-bond acceptors (Lipinski definition) is 4. The number of carbonyl (C=O) groups is 1. The van der Waals surface area contributed by atoms with Crippen LogP contribution in [-0.4, -0.2) is 32.0 Å². The molecule has 0 radical (unpaired) electrons. The van der Waals surface area contributed by atoms with Gasteiger partial charge < -0.3 is 14.4 Å². The van der Waals surface area contributed by atoms with E-state index in [4.69, 9.17) is 9.47 Å². The van der Waals surface area contributed by atoms with Gasteiger partial charge in [0.05, 0.1) is 7.11 Å². The first kappa shape index (κ1) is 20.5. The highest BCUT2D eigenvalue weighted by Crippen LogP contribution is 2.35. The number of nitrogens with zero attached hydrogens (tertiary/aromatic N) is 2. The third-order valence-electron chi connectivity index (χ3n) is 3.65. The minimum Gasteiger partial charge on any atom is -0.493 e. The lowest BCUT2D eigenvalue weighted by Gasteiger charge is -2.14. The van der Waals surface area contributed by atoms with Crippen LogP contribution in [0, 0.1) is 17.1 Å². The average molecular weight is 433 g/mol. The number of hydrogen-bond donors (Lipinski definition) is 0. The van der Waals surface area contributed by atoms with Gasteiger partial charge in [0, 0.05) is 18.6 Å². The first-order valence-corrected chi connectivity index (χ1v) is 8.73. The smallest absolute Gasteiger partial charge is 0.264 e. The van der Waals surface area contributed by atoms with Crippen LogP contribution in [0.5, 0.6) is 11.5 Å². The molecule has 0 aromatic heterocycles. The number of carbonyl (C=O) groups excluding carboxylic acids is 1. The Kier molecular flexibility index (Phi) is 6.97. The largest absolute Gasteiger partial charge is 0.493 e. The Labute approximate surface area is 165 Å². The van der Waals surface area contributed by atoms with Crippen LogP contribution in [-0.2, 0) is 11.4 Å². The van der Waals surface area contributed by atoms with Crippen molar-refractivity contribution in [1.82, 2.24) is 4.90 Å². The fraction of sp³-hybridized carbons (Fsp3) is 0.200. The number of halogens is 2. The van der Waals surface area contributed by atoms with Gasteiger partial charge in [0.15, 0.2) is 11.5 Å². The minimum atomic E-state index is -0.389. The predicted octanol–water partition coefficient (Wildman–Crippen LogP) is 4.17. The quantitative estimate of drug-likeness (QED) is 0.507. The molecule has 0 saturated heterocycles. The lowest BCUT2D eigenvalue weighted by molar-refractivity contribution is -0.124. The van der Waals surface area contributed by atoms with Gasteiger partial charge in [0.1, 0.15) is 24.1 Å². The third-order valence-corrected chi connectivity index (χ3v) is 4.33. The van der Waals surface area contributed by atoms with E-state index in [1.54, 1.807) is 38.4 Å². The Morgan fingerprint density at radius 1 is 1.26 bits per heavy atom. The van der Waals surface area contributed by atoms with E-state index in [1.165, 1.54) is 30.2 Å². The first-order chi connectivity index (χ1) is 12.8. The van der Waals surface area contributed by atoms with Crippen molar-refractivity contribution in [3.63, 3.8) is 0 Å². The third kappa shape index (κ3) is 5.31. The van der Waals surface area contributed by atoms with E-state index >= 15 is 0 Å². The van der Waals surface area contributed by atoms with E-state index in [2.05, 4.69) is 15.9 Å². The zero-order valence-electron chi connectivity index (χ0n) is 15.1. The Hall–Kier alpha value is -2.85. The molecule has 0 spiro atoms. The molecule has 2 rings (SSSR count). The van der Waals surface area contributed by atoms with E-state index in [0.717, 1.165) is 5.56 Å². The summed E-state index contributed by atoms with van der Waals surface area (Å²) in [6.07, 6.45) is 1.48. The molecule has 0 saturated carbocycles. The first-order valence-electron chi connectivity index (χ1n) is 7.94. The van der Waals surface area contributed by atoms with Crippen LogP contribution in [0.1, 0.15) is 11.1 Å². The molecule has 1 amide bonds. The molecule has 27 heavy (non-hydrogen) atoms. The molecule has 2 aromatic carbocycles. The van der Waals surface area contributed by atoms with Crippen molar-refractivity contribution in [3.05, 3.63) is 63.4 Å². The summed E-state index contributed by atoms with van der Waals surface area (Å²) in [5.74, 6) is 0.222. The molecule has 0 N–H and O–H groups in total. The van der Waals surface area contributed by atoms with Gasteiger partial charge in [-0.3, -0.25) is 4.79 Å². The number of likely N-dealkylation sites (N-methyl/N-ethyl adjacent to an activating group) is 1. The second kappa shape index (κ2) is 9.19. The molecular weight excluding hydrogens is 415 g/mol. The molecule has 0 fully saturated rings. The summed E-state index contributed by atoms with van der Waals surface area (Å²) in [7, 11) is 4.66. The summed E-state index contributed by atoms with van der Waals surface area (Å²) in [6, 6.07) is 11.3. The highest BCUT2D eigenvalue weighted by molar-refractivity contribution is 9.10. The zero-order chi connectivity index (χ0) is 20.0. The van der Waals surface area contributed by atoms with Crippen LogP contribution in [0.25, 0.3) is 6.08 Å². The van der Waals surface area contributed by atoms with E-state index in [-0.39, 0.29) is 23.9 Å². The summed E-state index contributed by atoms with van der Waals surface area (Å²) in [5, 5.41) is 9.24. The van der Waals surface area contributed by atoms with Crippen LogP contribution in [0.15, 0.2) is 46.4 Å². The predicted molar refractivity (Wildman–Crippen MR) is 104 cm³/mol. The molecule has 2 aromatic rings. The zero-order valence-corrected chi connectivity index (χ0v) is 16.7. The van der Waals surface area contributed by atoms with Crippen molar-refractivity contribution >= 4 is 27.9 Å². The van der Waals surface area contributed by atoms with Gasteiger partial charge in [-0.15, -0.1) is 0 Å². The second-order valence-corrected chi connectivity index (χ2v) is 6.66. The SMILES string of the molecule is COc1cc(/C=C(/C#N)C(=O)N(C)C)c(Br)cc1OCc1ccc(F)cc1. The monoisotopic (exact) mass is 432 g/mol. The highest BCUT2D eigenvalue weighted by atomic mass is 79.9. The lowest BCUT2D eigenvalue weighted by Crippen LogP contribution is -2.22. The van der Waals surface area contributed by atoms with E-state index < -0.39 is 0 Å². The van der Waals surface area contributed by atoms with Gasteiger partial charge in [0.25, 0.3) is 5.91 Å². The molecule has 0 aliphatic rings. The number of nitriles is 1. The fourth-order valence-corrected chi connectivity index (χ4v) is 2.65. The van der Waals surface area contributed by atoms with Crippen molar-refractivity contribution in [1.29, 1.82) is 5.26 Å². The average Bonchev–Trinajstić information content (AvgIpc) is 2.66. The highest BCUT2D eigenvalue weighted by Gasteiger charge is 2.14. The van der Waals surface area contributed by atoms with E-state index in [0.29, 0.717) is 21.5 Å². The summed E-state index contributed by atoms with van der Waals surface area (Å²) in [5.41, 5.74) is 1.41. The van der Waals surface area contributed by atoms with Gasteiger partial charge in [-0.05, 0) is 41.5 Å². The molecule has 5 nitrogen and oxygen atoms in total. The minimum absolute atomic E-state index is 0.00253. The lowest BCUT2D eigenvalue weighted by atomic mass is 10.1. The molecule has 0 heterocycles. The van der Waals surface area contributed by atoms with Crippen molar-refractivity contribution < 1.29 is 18.7 Å². The summed E-state index contributed by atoms with van der Waals surface area (Å²) < 4.78 is 24.7. The van der Waals surface area contributed by atoms with Crippen LogP contribution in [0.3, 0.4) is 0 Å². The van der Waals surface area contributed by atoms with Crippen molar-refractivity contribution in [2.45, 2.75) is 6.61 Å². The molecule has 0 aliphatic heterocycles. The Bertz CT molecular complexity index is 903. The Morgan fingerprint density at radius 2 is 1.93 bits per heavy atom. The fourth-order valence-electron chi connectivity index (χ4n) is 2.21. The summed E-state index contributed by atoms with van der Waals surface area (Å²) in [4.78, 5) is 13.4.